The summed E-state index contributed by atoms with van der Waals surface area (Å²) in [6.07, 6.45) is 0. The van der Waals surface area contributed by atoms with Crippen LogP contribution in [0.25, 0.3) is 0 Å². The predicted octanol–water partition coefficient (Wildman–Crippen LogP) is 2.89. The van der Waals surface area contributed by atoms with Gasteiger partial charge in [0, 0.05) is 5.56 Å². The molecule has 4 N–H and O–H groups in total. The molecule has 9 nitrogen and oxygen atoms in total. The van der Waals surface area contributed by atoms with Crippen molar-refractivity contribution < 1.29 is 44.3 Å². The molecule has 0 radical (unpaired) electrons. The highest BCUT2D eigenvalue weighted by atomic mass is 16.5. The first-order chi connectivity index (χ1) is 12.5. The minimum atomic E-state index is -1.47. The quantitative estimate of drug-likeness (QED) is 0.596. The highest BCUT2D eigenvalue weighted by Gasteiger charge is 2.24. The van der Waals surface area contributed by atoms with E-state index in [4.69, 9.17) is 14.9 Å². The van der Waals surface area contributed by atoms with Crippen LogP contribution < -0.4 is 4.74 Å². The molecule has 0 aliphatic rings. The van der Waals surface area contributed by atoms with Crippen molar-refractivity contribution in [3.8, 4) is 11.5 Å². The van der Waals surface area contributed by atoms with Crippen LogP contribution in [-0.4, -0.2) is 44.3 Å². The summed E-state index contributed by atoms with van der Waals surface area (Å²) in [5, 5.41) is 36.7. The Hall–Kier alpha value is -3.88. The lowest BCUT2D eigenvalue weighted by Crippen LogP contribution is -2.12. The summed E-state index contributed by atoms with van der Waals surface area (Å²) in [4.78, 5) is 45.1. The summed E-state index contributed by atoms with van der Waals surface area (Å²) in [5.41, 5.74) is -1.44. The predicted molar refractivity (Wildman–Crippen MR) is 90.3 cm³/mol. The van der Waals surface area contributed by atoms with E-state index in [-0.39, 0.29) is 17.1 Å². The number of carboxylic acid groups (broad SMARTS) is 4. The molecule has 0 aromatic heterocycles. The zero-order valence-electron chi connectivity index (χ0n) is 14.1. The van der Waals surface area contributed by atoms with Gasteiger partial charge in [-0.3, -0.25) is 0 Å². The Morgan fingerprint density at radius 2 is 1.30 bits per heavy atom. The first-order valence-corrected chi connectivity index (χ1v) is 7.43. The van der Waals surface area contributed by atoms with Gasteiger partial charge in [0.2, 0.25) is 0 Å². The zero-order valence-corrected chi connectivity index (χ0v) is 14.1. The van der Waals surface area contributed by atoms with Crippen LogP contribution in [0.5, 0.6) is 11.5 Å². The van der Waals surface area contributed by atoms with Gasteiger partial charge in [-0.2, -0.15) is 0 Å². The molecule has 0 spiro atoms. The molecule has 9 heteroatoms. The maximum atomic E-state index is 11.5. The van der Waals surface area contributed by atoms with E-state index in [0.717, 1.165) is 18.2 Å². The molecule has 2 aromatic rings. The number of ether oxygens (including phenoxy) is 1. The van der Waals surface area contributed by atoms with E-state index < -0.39 is 46.1 Å². The number of benzene rings is 2. The van der Waals surface area contributed by atoms with Gasteiger partial charge in [-0.25, -0.2) is 19.2 Å². The fourth-order valence-electron chi connectivity index (χ4n) is 2.63. The van der Waals surface area contributed by atoms with Crippen molar-refractivity contribution in [2.75, 3.05) is 0 Å². The van der Waals surface area contributed by atoms with Crippen LogP contribution in [0.3, 0.4) is 0 Å². The Balaban J connectivity index is 2.61. The molecule has 140 valence electrons. The number of hydrogen-bond acceptors (Lipinski definition) is 5. The number of aromatic carboxylic acids is 4. The van der Waals surface area contributed by atoms with Gasteiger partial charge in [-0.15, -0.1) is 0 Å². The highest BCUT2D eigenvalue weighted by molar-refractivity contribution is 6.04. The molecule has 0 aliphatic heterocycles. The van der Waals surface area contributed by atoms with Gasteiger partial charge >= 0.3 is 23.9 Å². The normalized spacial score (nSPS) is 10.3. The van der Waals surface area contributed by atoms with E-state index in [1.165, 1.54) is 19.9 Å². The average molecular weight is 374 g/mol. The molecule has 2 aromatic carbocycles. The van der Waals surface area contributed by atoms with E-state index in [9.17, 15) is 29.4 Å². The van der Waals surface area contributed by atoms with Crippen LogP contribution in [0, 0.1) is 13.8 Å². The van der Waals surface area contributed by atoms with Gasteiger partial charge in [0.05, 0.1) is 22.3 Å². The van der Waals surface area contributed by atoms with Gasteiger partial charge in [0.25, 0.3) is 0 Å². The lowest BCUT2D eigenvalue weighted by Gasteiger charge is -2.16. The van der Waals surface area contributed by atoms with Crippen LogP contribution >= 0.6 is 0 Å². The monoisotopic (exact) mass is 374 g/mol. The molecule has 0 amide bonds. The van der Waals surface area contributed by atoms with Gasteiger partial charge in [0.15, 0.2) is 0 Å². The standard InChI is InChI=1S/C18H14O9/c1-7-5-12(17(23)24)13(18(25)26)8(2)14(7)27-9-3-4-10(15(19)20)11(6-9)16(21)22/h3-6H,1-2H3,(H,19,20)(H,21,22)(H,23,24)(H,25,26). The first kappa shape index (κ1) is 19.4. The fraction of sp³-hybridized carbons (Fsp3) is 0.111. The van der Waals surface area contributed by atoms with Crippen LogP contribution in [0.4, 0.5) is 0 Å². The SMILES string of the molecule is Cc1cc(C(=O)O)c(C(=O)O)c(C)c1Oc1ccc(C(=O)O)c(C(=O)O)c1. The van der Waals surface area contributed by atoms with Gasteiger partial charge in [0.1, 0.15) is 11.5 Å². The van der Waals surface area contributed by atoms with E-state index >= 15 is 0 Å². The molecule has 0 bridgehead atoms. The average Bonchev–Trinajstić information content (AvgIpc) is 2.57. The zero-order chi connectivity index (χ0) is 20.5. The van der Waals surface area contributed by atoms with E-state index in [2.05, 4.69) is 0 Å². The molecule has 0 fully saturated rings. The van der Waals surface area contributed by atoms with Crippen molar-refractivity contribution >= 4 is 23.9 Å². The van der Waals surface area contributed by atoms with Crippen molar-refractivity contribution in [2.45, 2.75) is 13.8 Å². The molecular weight excluding hydrogens is 360 g/mol. The van der Waals surface area contributed by atoms with Crippen molar-refractivity contribution in [1.29, 1.82) is 0 Å². The third-order valence-corrected chi connectivity index (χ3v) is 3.82. The van der Waals surface area contributed by atoms with E-state index in [1.807, 2.05) is 0 Å². The molecular formula is C18H14O9. The number of aryl methyl sites for hydroxylation is 1. The Bertz CT molecular complexity index is 989. The lowest BCUT2D eigenvalue weighted by atomic mass is 9.97. The Morgan fingerprint density at radius 1 is 0.741 bits per heavy atom. The number of carbonyl (C=O) groups is 4. The molecule has 0 atom stereocenters. The molecule has 0 saturated heterocycles. The molecule has 0 heterocycles. The lowest BCUT2D eigenvalue weighted by molar-refractivity contribution is 0.0650. The second-order valence-corrected chi connectivity index (χ2v) is 5.60. The van der Waals surface area contributed by atoms with Crippen LogP contribution in [-0.2, 0) is 0 Å². The number of hydrogen-bond donors (Lipinski definition) is 4. The third-order valence-electron chi connectivity index (χ3n) is 3.82. The van der Waals surface area contributed by atoms with Gasteiger partial charge < -0.3 is 25.2 Å². The Morgan fingerprint density at radius 3 is 1.78 bits per heavy atom. The van der Waals surface area contributed by atoms with E-state index in [1.54, 1.807) is 0 Å². The summed E-state index contributed by atoms with van der Waals surface area (Å²) >= 11 is 0. The van der Waals surface area contributed by atoms with Crippen LogP contribution in [0.15, 0.2) is 24.3 Å². The summed E-state index contributed by atoms with van der Waals surface area (Å²) in [7, 11) is 0. The summed E-state index contributed by atoms with van der Waals surface area (Å²) in [5.74, 6) is -5.77. The third kappa shape index (κ3) is 3.71. The molecule has 0 unspecified atom stereocenters. The van der Waals surface area contributed by atoms with Gasteiger partial charge in [-0.1, -0.05) is 0 Å². The largest absolute Gasteiger partial charge is 0.478 e. The van der Waals surface area contributed by atoms with Crippen LogP contribution in [0.1, 0.15) is 52.6 Å². The maximum Gasteiger partial charge on any atom is 0.336 e. The Labute approximate surface area is 152 Å². The summed E-state index contributed by atoms with van der Waals surface area (Å²) in [6.45, 7) is 2.87. The van der Waals surface area contributed by atoms with Crippen molar-refractivity contribution in [3.63, 3.8) is 0 Å². The highest BCUT2D eigenvalue weighted by Crippen LogP contribution is 2.34. The van der Waals surface area contributed by atoms with Gasteiger partial charge in [-0.05, 0) is 43.7 Å². The Kier molecular flexibility index (Phi) is 5.16. The number of rotatable bonds is 6. The van der Waals surface area contributed by atoms with Crippen molar-refractivity contribution in [1.82, 2.24) is 0 Å². The van der Waals surface area contributed by atoms with Crippen LogP contribution in [0.2, 0.25) is 0 Å². The van der Waals surface area contributed by atoms with Crippen molar-refractivity contribution in [2.24, 2.45) is 0 Å². The summed E-state index contributed by atoms with van der Waals surface area (Å²) < 4.78 is 5.58. The second-order valence-electron chi connectivity index (χ2n) is 5.60. The molecule has 2 rings (SSSR count). The molecule has 0 aliphatic carbocycles. The second kappa shape index (κ2) is 7.16. The fourth-order valence-corrected chi connectivity index (χ4v) is 2.63. The van der Waals surface area contributed by atoms with Crippen molar-refractivity contribution in [3.05, 3.63) is 57.6 Å². The number of carboxylic acids is 4. The smallest absolute Gasteiger partial charge is 0.336 e. The molecule has 0 saturated carbocycles. The minimum Gasteiger partial charge on any atom is -0.478 e. The first-order valence-electron chi connectivity index (χ1n) is 7.43. The molecule has 27 heavy (non-hydrogen) atoms. The van der Waals surface area contributed by atoms with E-state index in [0.29, 0.717) is 5.56 Å². The maximum absolute atomic E-state index is 11.5. The minimum absolute atomic E-state index is 0.0387. The topological polar surface area (TPSA) is 158 Å². The summed E-state index contributed by atoms with van der Waals surface area (Å²) in [6, 6.07) is 4.41.